The highest BCUT2D eigenvalue weighted by Crippen LogP contribution is 2.14. The Kier molecular flexibility index (Phi) is 4.14. The van der Waals surface area contributed by atoms with Crippen LogP contribution in [0.4, 0.5) is 10.5 Å². The van der Waals surface area contributed by atoms with Crippen molar-refractivity contribution in [1.29, 1.82) is 0 Å². The molecule has 1 rings (SSSR count). The quantitative estimate of drug-likeness (QED) is 0.612. The van der Waals surface area contributed by atoms with Crippen molar-refractivity contribution < 1.29 is 19.8 Å². The number of phenols is 1. The van der Waals surface area contributed by atoms with Crippen molar-refractivity contribution in [3.8, 4) is 5.75 Å². The minimum Gasteiger partial charge on any atom is -0.508 e. The van der Waals surface area contributed by atoms with Gasteiger partial charge in [0.15, 0.2) is 0 Å². The molecule has 0 aliphatic heterocycles. The lowest BCUT2D eigenvalue weighted by Gasteiger charge is -2.06. The van der Waals surface area contributed by atoms with Crippen molar-refractivity contribution in [2.75, 3.05) is 11.9 Å². The van der Waals surface area contributed by atoms with Crippen molar-refractivity contribution in [3.63, 3.8) is 0 Å². The van der Waals surface area contributed by atoms with E-state index in [0.717, 1.165) is 0 Å². The zero-order valence-corrected chi connectivity index (χ0v) is 8.43. The number of carbonyl (C=O) groups is 2. The molecule has 0 saturated carbocycles. The first kappa shape index (κ1) is 11.8. The Bertz CT molecular complexity index is 392. The smallest absolute Gasteiger partial charge is 0.319 e. The molecule has 0 atom stereocenters. The molecular formula is C10H12N2O4. The Hall–Kier alpha value is -2.24. The summed E-state index contributed by atoms with van der Waals surface area (Å²) in [6, 6.07) is 5.55. The van der Waals surface area contributed by atoms with Gasteiger partial charge >= 0.3 is 12.0 Å². The lowest BCUT2D eigenvalue weighted by molar-refractivity contribution is -0.136. The number of hydrogen-bond acceptors (Lipinski definition) is 3. The Morgan fingerprint density at radius 1 is 1.31 bits per heavy atom. The van der Waals surface area contributed by atoms with Crippen LogP contribution in [0.3, 0.4) is 0 Å². The molecule has 6 nitrogen and oxygen atoms in total. The van der Waals surface area contributed by atoms with E-state index in [1.165, 1.54) is 12.1 Å². The predicted molar refractivity (Wildman–Crippen MR) is 57.4 cm³/mol. The molecular weight excluding hydrogens is 212 g/mol. The van der Waals surface area contributed by atoms with Crippen LogP contribution in [0.2, 0.25) is 0 Å². The summed E-state index contributed by atoms with van der Waals surface area (Å²) >= 11 is 0. The summed E-state index contributed by atoms with van der Waals surface area (Å²) in [6.07, 6.45) is -0.131. The van der Waals surface area contributed by atoms with Crippen LogP contribution >= 0.6 is 0 Å². The average Bonchev–Trinajstić information content (AvgIpc) is 2.16. The van der Waals surface area contributed by atoms with Gasteiger partial charge in [-0.25, -0.2) is 4.79 Å². The number of benzene rings is 1. The first-order valence-electron chi connectivity index (χ1n) is 4.63. The number of rotatable bonds is 4. The van der Waals surface area contributed by atoms with E-state index >= 15 is 0 Å². The van der Waals surface area contributed by atoms with E-state index in [-0.39, 0.29) is 18.7 Å². The van der Waals surface area contributed by atoms with Gasteiger partial charge in [0.25, 0.3) is 0 Å². The number of hydrogen-bond donors (Lipinski definition) is 4. The van der Waals surface area contributed by atoms with E-state index in [1.54, 1.807) is 12.1 Å². The summed E-state index contributed by atoms with van der Waals surface area (Å²) < 4.78 is 0. The summed E-state index contributed by atoms with van der Waals surface area (Å²) in [7, 11) is 0. The molecule has 1 aromatic carbocycles. The number of nitrogens with one attached hydrogen (secondary N) is 2. The molecule has 0 spiro atoms. The highest BCUT2D eigenvalue weighted by molar-refractivity contribution is 5.89. The second-order valence-corrected chi connectivity index (χ2v) is 3.07. The summed E-state index contributed by atoms with van der Waals surface area (Å²) in [4.78, 5) is 21.4. The number of carbonyl (C=O) groups excluding carboxylic acids is 1. The van der Waals surface area contributed by atoms with E-state index in [0.29, 0.717) is 5.69 Å². The van der Waals surface area contributed by atoms with E-state index in [9.17, 15) is 9.59 Å². The average molecular weight is 224 g/mol. The van der Waals surface area contributed by atoms with Crippen LogP contribution in [0.5, 0.6) is 5.75 Å². The molecule has 0 unspecified atom stereocenters. The third-order valence-electron chi connectivity index (χ3n) is 1.73. The first-order valence-corrected chi connectivity index (χ1v) is 4.63. The van der Waals surface area contributed by atoms with Crippen molar-refractivity contribution in [2.45, 2.75) is 6.42 Å². The van der Waals surface area contributed by atoms with Gasteiger partial charge < -0.3 is 20.8 Å². The van der Waals surface area contributed by atoms with E-state index < -0.39 is 12.0 Å². The monoisotopic (exact) mass is 224 g/mol. The molecule has 0 radical (unpaired) electrons. The number of aliphatic carboxylic acids is 1. The molecule has 0 saturated heterocycles. The minimum atomic E-state index is -0.974. The SMILES string of the molecule is O=C(O)CCNC(=O)Nc1cccc(O)c1. The van der Waals surface area contributed by atoms with E-state index in [1.807, 2.05) is 0 Å². The lowest BCUT2D eigenvalue weighted by atomic mass is 10.3. The Morgan fingerprint density at radius 2 is 2.06 bits per heavy atom. The molecule has 86 valence electrons. The van der Waals surface area contributed by atoms with Crippen molar-refractivity contribution in [3.05, 3.63) is 24.3 Å². The third kappa shape index (κ3) is 4.32. The third-order valence-corrected chi connectivity index (χ3v) is 1.73. The standard InChI is InChI=1S/C10H12N2O4/c13-8-3-1-2-7(6-8)12-10(16)11-5-4-9(14)15/h1-3,6,13H,4-5H2,(H,14,15)(H2,11,12,16). The molecule has 0 fully saturated rings. The molecule has 0 aromatic heterocycles. The van der Waals surface area contributed by atoms with Gasteiger partial charge in [-0.3, -0.25) is 4.79 Å². The maximum atomic E-state index is 11.2. The molecule has 16 heavy (non-hydrogen) atoms. The number of carboxylic acids is 1. The maximum Gasteiger partial charge on any atom is 0.319 e. The molecule has 0 bridgehead atoms. The zero-order valence-electron chi connectivity index (χ0n) is 8.43. The van der Waals surface area contributed by atoms with Gasteiger partial charge in [-0.15, -0.1) is 0 Å². The van der Waals surface area contributed by atoms with Crippen LogP contribution in [0.15, 0.2) is 24.3 Å². The fraction of sp³-hybridized carbons (Fsp3) is 0.200. The van der Waals surface area contributed by atoms with Crippen LogP contribution in [0, 0.1) is 0 Å². The lowest BCUT2D eigenvalue weighted by Crippen LogP contribution is -2.30. The van der Waals surface area contributed by atoms with Gasteiger partial charge in [0.1, 0.15) is 5.75 Å². The number of urea groups is 1. The molecule has 1 aromatic rings. The number of anilines is 1. The van der Waals surface area contributed by atoms with Crippen molar-refractivity contribution >= 4 is 17.7 Å². The fourth-order valence-electron chi connectivity index (χ4n) is 1.04. The largest absolute Gasteiger partial charge is 0.508 e. The first-order chi connectivity index (χ1) is 7.58. The predicted octanol–water partition coefficient (Wildman–Crippen LogP) is 0.988. The van der Waals surface area contributed by atoms with E-state index in [4.69, 9.17) is 10.2 Å². The Labute approximate surface area is 91.9 Å². The van der Waals surface area contributed by atoms with Crippen molar-refractivity contribution in [2.24, 2.45) is 0 Å². The topological polar surface area (TPSA) is 98.7 Å². The normalized spacial score (nSPS) is 9.50. The van der Waals surface area contributed by atoms with E-state index in [2.05, 4.69) is 10.6 Å². The molecule has 2 amide bonds. The number of amides is 2. The van der Waals surface area contributed by atoms with Gasteiger partial charge in [0, 0.05) is 18.3 Å². The minimum absolute atomic E-state index is 0.0448. The molecule has 0 aliphatic rings. The summed E-state index contributed by atoms with van der Waals surface area (Å²) in [5, 5.41) is 22.3. The second kappa shape index (κ2) is 5.59. The summed E-state index contributed by atoms with van der Waals surface area (Å²) in [5.74, 6) is -0.930. The van der Waals surface area contributed by atoms with Gasteiger partial charge in [-0.2, -0.15) is 0 Å². The van der Waals surface area contributed by atoms with Crippen LogP contribution in [-0.4, -0.2) is 28.8 Å². The highest BCUT2D eigenvalue weighted by atomic mass is 16.4. The second-order valence-electron chi connectivity index (χ2n) is 3.07. The number of carboxylic acid groups (broad SMARTS) is 1. The van der Waals surface area contributed by atoms with Crippen LogP contribution in [0.1, 0.15) is 6.42 Å². The molecule has 6 heteroatoms. The van der Waals surface area contributed by atoms with Gasteiger partial charge in [0.05, 0.1) is 6.42 Å². The molecule has 0 aliphatic carbocycles. The van der Waals surface area contributed by atoms with Crippen LogP contribution in [-0.2, 0) is 4.79 Å². The maximum absolute atomic E-state index is 11.2. The molecule has 0 heterocycles. The summed E-state index contributed by atoms with van der Waals surface area (Å²) in [6.45, 7) is 0.0555. The Balaban J connectivity index is 2.37. The zero-order chi connectivity index (χ0) is 12.0. The van der Waals surface area contributed by atoms with Crippen molar-refractivity contribution in [1.82, 2.24) is 5.32 Å². The van der Waals surface area contributed by atoms with Crippen LogP contribution in [0.25, 0.3) is 0 Å². The van der Waals surface area contributed by atoms with Gasteiger partial charge in [-0.05, 0) is 12.1 Å². The van der Waals surface area contributed by atoms with Gasteiger partial charge in [-0.1, -0.05) is 6.07 Å². The summed E-state index contributed by atoms with van der Waals surface area (Å²) in [5.41, 5.74) is 0.438. The molecule has 4 N–H and O–H groups in total. The highest BCUT2D eigenvalue weighted by Gasteiger charge is 2.02. The van der Waals surface area contributed by atoms with Crippen LogP contribution < -0.4 is 10.6 Å². The Morgan fingerprint density at radius 3 is 2.69 bits per heavy atom. The number of aromatic hydroxyl groups is 1. The number of phenolic OH excluding ortho intramolecular Hbond substituents is 1. The fourth-order valence-corrected chi connectivity index (χ4v) is 1.04. The van der Waals surface area contributed by atoms with Gasteiger partial charge in [0.2, 0.25) is 0 Å².